The zero-order valence-corrected chi connectivity index (χ0v) is 18.3. The molecular weight excluding hydrogens is 382 g/mol. The highest BCUT2D eigenvalue weighted by Crippen LogP contribution is 2.00. The predicted molar refractivity (Wildman–Crippen MR) is 106 cm³/mol. The molecule has 0 N–H and O–H groups in total. The van der Waals surface area contributed by atoms with E-state index in [-0.39, 0.29) is 32.8 Å². The SMILES string of the molecule is CCCCCCOC(=O)CN(C)C(=O)CN(C)C(=O)CN(C)C(=O)OCCOC. The summed E-state index contributed by atoms with van der Waals surface area (Å²) in [5.41, 5.74) is 0. The van der Waals surface area contributed by atoms with E-state index in [1.165, 1.54) is 38.1 Å². The smallest absolute Gasteiger partial charge is 0.410 e. The minimum absolute atomic E-state index is 0.0850. The Morgan fingerprint density at radius 1 is 0.690 bits per heavy atom. The van der Waals surface area contributed by atoms with Crippen molar-refractivity contribution in [2.75, 3.05) is 67.7 Å². The van der Waals surface area contributed by atoms with E-state index in [1.54, 1.807) is 0 Å². The van der Waals surface area contributed by atoms with Crippen molar-refractivity contribution in [2.45, 2.75) is 32.6 Å². The summed E-state index contributed by atoms with van der Waals surface area (Å²) < 4.78 is 14.8. The second-order valence-electron chi connectivity index (χ2n) is 6.74. The highest BCUT2D eigenvalue weighted by atomic mass is 16.6. The van der Waals surface area contributed by atoms with Crippen LogP contribution in [0.2, 0.25) is 0 Å². The Hall–Kier alpha value is -2.36. The van der Waals surface area contributed by atoms with E-state index in [4.69, 9.17) is 14.2 Å². The molecular formula is C19H35N3O7. The van der Waals surface area contributed by atoms with Gasteiger partial charge in [0.1, 0.15) is 19.7 Å². The van der Waals surface area contributed by atoms with Crippen LogP contribution in [0.5, 0.6) is 0 Å². The third kappa shape index (κ3) is 12.7. The maximum atomic E-state index is 12.2. The molecule has 0 radical (unpaired) electrons. The van der Waals surface area contributed by atoms with E-state index in [0.717, 1.165) is 30.6 Å². The molecule has 0 bridgehead atoms. The van der Waals surface area contributed by atoms with E-state index in [0.29, 0.717) is 6.61 Å². The first-order valence-corrected chi connectivity index (χ1v) is 9.73. The summed E-state index contributed by atoms with van der Waals surface area (Å²) in [6.07, 6.45) is 3.34. The average Bonchev–Trinajstić information content (AvgIpc) is 2.67. The lowest BCUT2D eigenvalue weighted by Crippen LogP contribution is -2.45. The number of rotatable bonds is 14. The van der Waals surface area contributed by atoms with E-state index >= 15 is 0 Å². The van der Waals surface area contributed by atoms with Gasteiger partial charge in [0, 0.05) is 28.3 Å². The second kappa shape index (κ2) is 15.5. The number of ether oxygens (including phenoxy) is 3. The van der Waals surface area contributed by atoms with Gasteiger partial charge in [-0.25, -0.2) is 4.79 Å². The number of amides is 3. The van der Waals surface area contributed by atoms with Crippen LogP contribution >= 0.6 is 0 Å². The van der Waals surface area contributed by atoms with Crippen LogP contribution in [0.25, 0.3) is 0 Å². The van der Waals surface area contributed by atoms with Crippen molar-refractivity contribution in [1.82, 2.24) is 14.7 Å². The van der Waals surface area contributed by atoms with Gasteiger partial charge in [0.25, 0.3) is 0 Å². The van der Waals surface area contributed by atoms with Gasteiger partial charge in [-0.1, -0.05) is 26.2 Å². The van der Waals surface area contributed by atoms with E-state index in [1.807, 2.05) is 0 Å². The summed E-state index contributed by atoms with van der Waals surface area (Å²) in [6, 6.07) is 0. The molecule has 10 nitrogen and oxygen atoms in total. The Balaban J connectivity index is 4.23. The molecule has 29 heavy (non-hydrogen) atoms. The standard InChI is InChI=1S/C19H35N3O7/c1-6-7-8-9-10-28-18(25)15-21(3)16(23)13-20(2)17(24)14-22(4)19(26)29-12-11-27-5/h6-15H2,1-5H3. The molecule has 0 aliphatic carbocycles. The van der Waals surface area contributed by atoms with Gasteiger partial charge in [-0.05, 0) is 6.42 Å². The van der Waals surface area contributed by atoms with Crippen LogP contribution in [0.4, 0.5) is 4.79 Å². The molecule has 0 spiro atoms. The van der Waals surface area contributed by atoms with Crippen molar-refractivity contribution in [3.8, 4) is 0 Å². The van der Waals surface area contributed by atoms with Crippen LogP contribution in [0.1, 0.15) is 32.6 Å². The number of carbonyl (C=O) groups excluding carboxylic acids is 4. The molecule has 0 rings (SSSR count). The molecule has 0 atom stereocenters. The number of likely N-dealkylation sites (N-methyl/N-ethyl adjacent to an activating group) is 3. The molecule has 0 fully saturated rings. The average molecular weight is 418 g/mol. The van der Waals surface area contributed by atoms with Crippen LogP contribution in [-0.2, 0) is 28.6 Å². The number of carbonyl (C=O) groups is 4. The highest BCUT2D eigenvalue weighted by molar-refractivity contribution is 5.88. The van der Waals surface area contributed by atoms with Gasteiger partial charge in [-0.2, -0.15) is 0 Å². The third-order valence-electron chi connectivity index (χ3n) is 4.05. The van der Waals surface area contributed by atoms with E-state index < -0.39 is 23.9 Å². The Kier molecular flexibility index (Phi) is 14.3. The van der Waals surface area contributed by atoms with Crippen LogP contribution in [0.15, 0.2) is 0 Å². The van der Waals surface area contributed by atoms with Gasteiger partial charge in [-0.15, -0.1) is 0 Å². The first-order chi connectivity index (χ1) is 13.7. The van der Waals surface area contributed by atoms with Gasteiger partial charge >= 0.3 is 12.1 Å². The van der Waals surface area contributed by atoms with Crippen molar-refractivity contribution in [1.29, 1.82) is 0 Å². The molecule has 3 amide bonds. The van der Waals surface area contributed by atoms with Gasteiger partial charge in [0.2, 0.25) is 11.8 Å². The van der Waals surface area contributed by atoms with Crippen LogP contribution < -0.4 is 0 Å². The highest BCUT2D eigenvalue weighted by Gasteiger charge is 2.21. The maximum Gasteiger partial charge on any atom is 0.410 e. The number of hydrogen-bond acceptors (Lipinski definition) is 7. The Morgan fingerprint density at radius 3 is 1.86 bits per heavy atom. The molecule has 0 aromatic heterocycles. The number of nitrogens with zero attached hydrogens (tertiary/aromatic N) is 3. The summed E-state index contributed by atoms with van der Waals surface area (Å²) in [6.45, 7) is 2.15. The lowest BCUT2D eigenvalue weighted by molar-refractivity contribution is -0.149. The lowest BCUT2D eigenvalue weighted by Gasteiger charge is -2.23. The van der Waals surface area contributed by atoms with Crippen LogP contribution in [0, 0.1) is 0 Å². The van der Waals surface area contributed by atoms with Crippen molar-refractivity contribution in [3.63, 3.8) is 0 Å². The monoisotopic (exact) mass is 417 g/mol. The van der Waals surface area contributed by atoms with Gasteiger partial charge in [0.15, 0.2) is 0 Å². The Morgan fingerprint density at radius 2 is 1.28 bits per heavy atom. The quantitative estimate of drug-likeness (QED) is 0.303. The first kappa shape index (κ1) is 26.6. The molecule has 0 aliphatic rings. The summed E-state index contributed by atoms with van der Waals surface area (Å²) in [5, 5.41) is 0. The fraction of sp³-hybridized carbons (Fsp3) is 0.789. The van der Waals surface area contributed by atoms with Crippen LogP contribution in [-0.4, -0.2) is 106 Å². The topological polar surface area (TPSA) is 106 Å². The minimum atomic E-state index is -0.658. The van der Waals surface area contributed by atoms with Crippen molar-refractivity contribution in [2.24, 2.45) is 0 Å². The second-order valence-corrected chi connectivity index (χ2v) is 6.74. The Labute approximate surface area is 173 Å². The summed E-state index contributed by atoms with van der Waals surface area (Å²) >= 11 is 0. The van der Waals surface area contributed by atoms with Crippen LogP contribution in [0.3, 0.4) is 0 Å². The number of esters is 1. The summed E-state index contributed by atoms with van der Waals surface area (Å²) in [5.74, 6) is -1.32. The maximum absolute atomic E-state index is 12.2. The minimum Gasteiger partial charge on any atom is -0.464 e. The Bertz CT molecular complexity index is 528. The molecule has 0 heterocycles. The molecule has 168 valence electrons. The third-order valence-corrected chi connectivity index (χ3v) is 4.05. The molecule has 0 unspecified atom stereocenters. The molecule has 10 heteroatoms. The van der Waals surface area contributed by atoms with E-state index in [2.05, 4.69) is 6.92 Å². The summed E-state index contributed by atoms with van der Waals surface area (Å²) in [7, 11) is 5.82. The number of methoxy groups -OCH3 is 1. The summed E-state index contributed by atoms with van der Waals surface area (Å²) in [4.78, 5) is 51.4. The predicted octanol–water partition coefficient (Wildman–Crippen LogP) is 0.742. The fourth-order valence-corrected chi connectivity index (χ4v) is 2.16. The molecule has 0 aliphatic heterocycles. The van der Waals surface area contributed by atoms with Crippen molar-refractivity contribution in [3.05, 3.63) is 0 Å². The van der Waals surface area contributed by atoms with Crippen molar-refractivity contribution >= 4 is 23.9 Å². The number of unbranched alkanes of at least 4 members (excludes halogenated alkanes) is 3. The molecule has 0 aromatic rings. The fourth-order valence-electron chi connectivity index (χ4n) is 2.16. The van der Waals surface area contributed by atoms with Crippen molar-refractivity contribution < 1.29 is 33.4 Å². The number of hydrogen-bond donors (Lipinski definition) is 0. The van der Waals surface area contributed by atoms with Gasteiger partial charge < -0.3 is 28.9 Å². The first-order valence-electron chi connectivity index (χ1n) is 9.73. The lowest BCUT2D eigenvalue weighted by atomic mass is 10.2. The van der Waals surface area contributed by atoms with Gasteiger partial charge in [0.05, 0.1) is 19.8 Å². The zero-order chi connectivity index (χ0) is 22.2. The molecule has 0 saturated carbocycles. The zero-order valence-electron chi connectivity index (χ0n) is 18.3. The normalized spacial score (nSPS) is 10.2. The molecule has 0 aromatic carbocycles. The van der Waals surface area contributed by atoms with Gasteiger partial charge in [-0.3, -0.25) is 14.4 Å². The largest absolute Gasteiger partial charge is 0.464 e. The molecule has 0 saturated heterocycles. The van der Waals surface area contributed by atoms with E-state index in [9.17, 15) is 19.2 Å².